The van der Waals surface area contributed by atoms with E-state index in [0.717, 1.165) is 39.3 Å². The number of carbonyl (C=O) groups excluding carboxylic acids is 2. The van der Waals surface area contributed by atoms with Crippen LogP contribution in [0.15, 0.2) is 0 Å². The van der Waals surface area contributed by atoms with E-state index in [4.69, 9.17) is 9.47 Å². The lowest BCUT2D eigenvalue weighted by atomic mass is 9.98. The van der Waals surface area contributed by atoms with Crippen molar-refractivity contribution in [1.29, 1.82) is 0 Å². The molecular weight excluding hydrogens is 322 g/mol. The van der Waals surface area contributed by atoms with Crippen molar-refractivity contribution in [3.8, 4) is 0 Å². The third kappa shape index (κ3) is 8.54. The summed E-state index contributed by atoms with van der Waals surface area (Å²) in [5, 5.41) is 5.75. The summed E-state index contributed by atoms with van der Waals surface area (Å²) in [6.45, 7) is 15.3. The molecule has 7 heteroatoms. The molecule has 1 aliphatic rings. The summed E-state index contributed by atoms with van der Waals surface area (Å²) in [6, 6.07) is -0.607. The molecule has 1 fully saturated rings. The highest BCUT2D eigenvalue weighted by Crippen LogP contribution is 2.11. The molecule has 0 aliphatic carbocycles. The number of ether oxygens (including phenoxy) is 2. The van der Waals surface area contributed by atoms with Gasteiger partial charge in [0.1, 0.15) is 11.6 Å². The minimum atomic E-state index is -0.605. The van der Waals surface area contributed by atoms with Crippen molar-refractivity contribution in [3.63, 3.8) is 0 Å². The van der Waals surface area contributed by atoms with Crippen molar-refractivity contribution in [2.24, 2.45) is 5.92 Å². The fourth-order valence-corrected chi connectivity index (χ4v) is 2.69. The fourth-order valence-electron chi connectivity index (χ4n) is 2.69. The smallest absolute Gasteiger partial charge is 0.408 e. The summed E-state index contributed by atoms with van der Waals surface area (Å²) in [5.41, 5.74) is -0.593. The Labute approximate surface area is 151 Å². The molecule has 7 nitrogen and oxygen atoms in total. The second-order valence-electron chi connectivity index (χ2n) is 7.83. The lowest BCUT2D eigenvalue weighted by molar-refractivity contribution is -0.125. The first kappa shape index (κ1) is 21.7. The van der Waals surface area contributed by atoms with Gasteiger partial charge < -0.3 is 20.1 Å². The van der Waals surface area contributed by atoms with E-state index in [2.05, 4.69) is 15.5 Å². The highest BCUT2D eigenvalue weighted by atomic mass is 16.6. The first-order valence-corrected chi connectivity index (χ1v) is 9.22. The molecule has 0 saturated carbocycles. The molecule has 1 heterocycles. The number of nitrogens with zero attached hydrogens (tertiary/aromatic N) is 1. The first-order chi connectivity index (χ1) is 11.6. The number of hydrogen-bond donors (Lipinski definition) is 2. The molecule has 2 amide bonds. The zero-order chi connectivity index (χ0) is 19.0. The fraction of sp³-hybridized carbons (Fsp3) is 0.889. The molecule has 25 heavy (non-hydrogen) atoms. The van der Waals surface area contributed by atoms with E-state index in [1.165, 1.54) is 0 Å². The largest absolute Gasteiger partial charge is 0.444 e. The Balaban J connectivity index is 2.58. The summed E-state index contributed by atoms with van der Waals surface area (Å²) in [4.78, 5) is 27.0. The van der Waals surface area contributed by atoms with Gasteiger partial charge in [-0.2, -0.15) is 0 Å². The third-order valence-electron chi connectivity index (χ3n) is 4.19. The van der Waals surface area contributed by atoms with Crippen molar-refractivity contribution in [2.75, 3.05) is 32.8 Å². The van der Waals surface area contributed by atoms with Gasteiger partial charge in [-0.1, -0.05) is 20.3 Å². The standard InChI is InChI=1S/C18H35N3O4/c1-7-13(2)15(20-17(23)25-18(4,5)6)16(22)19-14(3)12-21-8-10-24-11-9-21/h13-15H,7-12H2,1-6H3,(H,19,22)(H,20,23)/t13-,14-,15?/m0/s1. The van der Waals surface area contributed by atoms with E-state index < -0.39 is 17.7 Å². The number of alkyl carbamates (subject to hydrolysis) is 1. The molecule has 2 N–H and O–H groups in total. The minimum Gasteiger partial charge on any atom is -0.444 e. The summed E-state index contributed by atoms with van der Waals surface area (Å²) in [5.74, 6) is -0.149. The lowest BCUT2D eigenvalue weighted by Gasteiger charge is -2.31. The van der Waals surface area contributed by atoms with Crippen LogP contribution in [0.25, 0.3) is 0 Å². The van der Waals surface area contributed by atoms with E-state index >= 15 is 0 Å². The molecule has 146 valence electrons. The maximum atomic E-state index is 12.7. The lowest BCUT2D eigenvalue weighted by Crippen LogP contribution is -2.55. The van der Waals surface area contributed by atoms with Crippen molar-refractivity contribution >= 4 is 12.0 Å². The van der Waals surface area contributed by atoms with Crippen LogP contribution in [0.4, 0.5) is 4.79 Å². The van der Waals surface area contributed by atoms with Crippen LogP contribution in [0.5, 0.6) is 0 Å². The van der Waals surface area contributed by atoms with Gasteiger partial charge in [0.15, 0.2) is 0 Å². The molecule has 0 bridgehead atoms. The summed E-state index contributed by atoms with van der Waals surface area (Å²) >= 11 is 0. The molecule has 0 radical (unpaired) electrons. The molecule has 1 unspecified atom stereocenters. The van der Waals surface area contributed by atoms with Crippen LogP contribution in [0.1, 0.15) is 48.0 Å². The number of nitrogens with one attached hydrogen (secondary N) is 2. The van der Waals surface area contributed by atoms with E-state index in [9.17, 15) is 9.59 Å². The molecule has 0 spiro atoms. The van der Waals surface area contributed by atoms with E-state index in [0.29, 0.717) is 0 Å². The number of carbonyl (C=O) groups is 2. The average molecular weight is 357 g/mol. The average Bonchev–Trinajstić information content (AvgIpc) is 2.50. The van der Waals surface area contributed by atoms with Crippen molar-refractivity contribution in [3.05, 3.63) is 0 Å². The molecule has 0 aromatic rings. The maximum absolute atomic E-state index is 12.7. The topological polar surface area (TPSA) is 79.9 Å². The number of hydrogen-bond acceptors (Lipinski definition) is 5. The summed E-state index contributed by atoms with van der Waals surface area (Å²) in [6.07, 6.45) is 0.222. The van der Waals surface area contributed by atoms with Crippen LogP contribution >= 0.6 is 0 Å². The highest BCUT2D eigenvalue weighted by Gasteiger charge is 2.29. The SMILES string of the molecule is CC[C@H](C)C(NC(=O)OC(C)(C)C)C(=O)N[C@@H](C)CN1CCOCC1. The van der Waals surface area contributed by atoms with Crippen LogP contribution in [-0.2, 0) is 14.3 Å². The molecule has 3 atom stereocenters. The van der Waals surface area contributed by atoms with E-state index in [-0.39, 0.29) is 17.9 Å². The summed E-state index contributed by atoms with van der Waals surface area (Å²) < 4.78 is 10.6. The summed E-state index contributed by atoms with van der Waals surface area (Å²) in [7, 11) is 0. The zero-order valence-electron chi connectivity index (χ0n) is 16.6. The second kappa shape index (κ2) is 9.97. The van der Waals surface area contributed by atoms with Crippen molar-refractivity contribution in [2.45, 2.75) is 65.6 Å². The van der Waals surface area contributed by atoms with E-state index in [1.807, 2.05) is 20.8 Å². The predicted octanol–water partition coefficient (Wildman–Crippen LogP) is 1.76. The normalized spacial score (nSPS) is 19.6. The van der Waals surface area contributed by atoms with Crippen LogP contribution in [0.3, 0.4) is 0 Å². The van der Waals surface area contributed by atoms with Gasteiger partial charge in [-0.25, -0.2) is 4.79 Å². The number of morpholine rings is 1. The monoisotopic (exact) mass is 357 g/mol. The van der Waals surface area contributed by atoms with Gasteiger partial charge in [-0.15, -0.1) is 0 Å². The quantitative estimate of drug-likeness (QED) is 0.726. The zero-order valence-corrected chi connectivity index (χ0v) is 16.6. The van der Waals surface area contributed by atoms with Gasteiger partial charge in [-0.3, -0.25) is 9.69 Å². The van der Waals surface area contributed by atoms with Gasteiger partial charge >= 0.3 is 6.09 Å². The van der Waals surface area contributed by atoms with Gasteiger partial charge in [0, 0.05) is 25.7 Å². The Morgan fingerprint density at radius 1 is 1.16 bits per heavy atom. The van der Waals surface area contributed by atoms with Crippen LogP contribution in [0.2, 0.25) is 0 Å². The van der Waals surface area contributed by atoms with Crippen LogP contribution in [0, 0.1) is 5.92 Å². The molecule has 0 aromatic heterocycles. The van der Waals surface area contributed by atoms with Crippen LogP contribution < -0.4 is 10.6 Å². The number of rotatable bonds is 7. The van der Waals surface area contributed by atoms with Gasteiger partial charge in [0.25, 0.3) is 0 Å². The Hall–Kier alpha value is -1.34. The molecule has 1 saturated heterocycles. The van der Waals surface area contributed by atoms with E-state index in [1.54, 1.807) is 20.8 Å². The minimum absolute atomic E-state index is 0.00223. The number of amides is 2. The molecule has 1 aliphatic heterocycles. The Morgan fingerprint density at radius 3 is 2.28 bits per heavy atom. The van der Waals surface area contributed by atoms with Gasteiger partial charge in [0.05, 0.1) is 13.2 Å². The van der Waals surface area contributed by atoms with Crippen molar-refractivity contribution in [1.82, 2.24) is 15.5 Å². The van der Waals surface area contributed by atoms with Crippen LogP contribution in [-0.4, -0.2) is 67.4 Å². The van der Waals surface area contributed by atoms with Crippen molar-refractivity contribution < 1.29 is 19.1 Å². The van der Waals surface area contributed by atoms with Gasteiger partial charge in [0.2, 0.25) is 5.91 Å². The molecular formula is C18H35N3O4. The predicted molar refractivity (Wildman–Crippen MR) is 97.5 cm³/mol. The Morgan fingerprint density at radius 2 is 1.76 bits per heavy atom. The maximum Gasteiger partial charge on any atom is 0.408 e. The molecule has 1 rings (SSSR count). The Bertz CT molecular complexity index is 431. The second-order valence-corrected chi connectivity index (χ2v) is 7.83. The van der Waals surface area contributed by atoms with Gasteiger partial charge in [-0.05, 0) is 33.6 Å². The first-order valence-electron chi connectivity index (χ1n) is 9.22. The third-order valence-corrected chi connectivity index (χ3v) is 4.19. The molecule has 0 aromatic carbocycles. The Kier molecular flexibility index (Phi) is 8.65. The highest BCUT2D eigenvalue weighted by molar-refractivity contribution is 5.86.